The van der Waals surface area contributed by atoms with Crippen molar-refractivity contribution in [3.8, 4) is 0 Å². The molecule has 3 nitrogen and oxygen atoms in total. The Morgan fingerprint density at radius 3 is 2.84 bits per heavy atom. The minimum Gasteiger partial charge on any atom is -0.391 e. The number of thiophene rings is 1. The molecule has 102 valence electrons. The van der Waals surface area contributed by atoms with Gasteiger partial charge in [-0.05, 0) is 29.5 Å². The first-order valence-electron chi connectivity index (χ1n) is 6.12. The number of carbonyl (C=O) groups is 1. The molecule has 1 unspecified atom stereocenters. The van der Waals surface area contributed by atoms with E-state index in [2.05, 4.69) is 5.32 Å². The number of carbonyl (C=O) groups excluding carboxylic acids is 1. The summed E-state index contributed by atoms with van der Waals surface area (Å²) in [5.74, 6) is -0.449. The average molecular weight is 281 g/mol. The van der Waals surface area contributed by atoms with Gasteiger partial charge in [-0.2, -0.15) is 0 Å². The molecular formula is C14H16FNO2S. The number of aliphatic hydroxyl groups is 1. The molecule has 5 heteroatoms. The fraction of sp³-hybridized carbons (Fsp3) is 0.357. The highest BCUT2D eigenvalue weighted by Crippen LogP contribution is 2.26. The molecule has 1 aromatic heterocycles. The maximum absolute atomic E-state index is 13.1. The monoisotopic (exact) mass is 281 g/mol. The fourth-order valence-corrected chi connectivity index (χ4v) is 2.64. The summed E-state index contributed by atoms with van der Waals surface area (Å²) in [4.78, 5) is 12.4. The Morgan fingerprint density at radius 1 is 1.42 bits per heavy atom. The van der Waals surface area contributed by atoms with Crippen LogP contribution in [0.1, 0.15) is 23.5 Å². The van der Waals surface area contributed by atoms with E-state index >= 15 is 0 Å². The summed E-state index contributed by atoms with van der Waals surface area (Å²) < 4.78 is 13.8. The van der Waals surface area contributed by atoms with Crippen molar-refractivity contribution in [1.29, 1.82) is 0 Å². The largest absolute Gasteiger partial charge is 0.391 e. The zero-order valence-electron chi connectivity index (χ0n) is 10.8. The zero-order chi connectivity index (χ0) is 14.0. The lowest BCUT2D eigenvalue weighted by Crippen LogP contribution is -2.34. The molecule has 1 heterocycles. The zero-order valence-corrected chi connectivity index (χ0v) is 11.6. The van der Waals surface area contributed by atoms with Crippen molar-refractivity contribution in [2.75, 3.05) is 6.54 Å². The normalized spacial score (nSPS) is 12.9. The lowest BCUT2D eigenvalue weighted by atomic mass is 10.1. The minimum absolute atomic E-state index is 0.0943. The Bertz CT molecular complexity index is 594. The number of benzene rings is 1. The number of rotatable bonds is 4. The second-order valence-corrected chi connectivity index (χ2v) is 5.90. The predicted octanol–water partition coefficient (Wildman–Crippen LogP) is 2.79. The number of halogens is 1. The van der Waals surface area contributed by atoms with E-state index in [1.54, 1.807) is 12.1 Å². The molecule has 1 amide bonds. The number of hydrogen-bond acceptors (Lipinski definition) is 3. The summed E-state index contributed by atoms with van der Waals surface area (Å²) in [6.07, 6.45) is -0.559. The Balaban J connectivity index is 2.09. The van der Waals surface area contributed by atoms with Gasteiger partial charge in [0.25, 0.3) is 5.91 Å². The van der Waals surface area contributed by atoms with Crippen molar-refractivity contribution in [2.24, 2.45) is 5.92 Å². The van der Waals surface area contributed by atoms with Crippen molar-refractivity contribution in [2.45, 2.75) is 20.0 Å². The molecule has 1 atom stereocenters. The van der Waals surface area contributed by atoms with Crippen LogP contribution < -0.4 is 5.32 Å². The van der Waals surface area contributed by atoms with E-state index in [0.29, 0.717) is 4.88 Å². The third-order valence-electron chi connectivity index (χ3n) is 2.95. The maximum atomic E-state index is 13.1. The van der Waals surface area contributed by atoms with Gasteiger partial charge >= 0.3 is 0 Å². The molecule has 2 N–H and O–H groups in total. The first-order chi connectivity index (χ1) is 8.97. The first-order valence-corrected chi connectivity index (χ1v) is 6.94. The lowest BCUT2D eigenvalue weighted by Gasteiger charge is -2.14. The van der Waals surface area contributed by atoms with E-state index < -0.39 is 6.10 Å². The van der Waals surface area contributed by atoms with Crippen LogP contribution in [0, 0.1) is 11.7 Å². The number of aliphatic hydroxyl groups excluding tert-OH is 1. The van der Waals surface area contributed by atoms with Crippen LogP contribution in [-0.4, -0.2) is 23.7 Å². The Hall–Kier alpha value is -1.46. The molecule has 0 saturated heterocycles. The van der Waals surface area contributed by atoms with Gasteiger partial charge in [-0.15, -0.1) is 11.3 Å². The molecule has 0 radical (unpaired) electrons. The van der Waals surface area contributed by atoms with Crippen molar-refractivity contribution in [3.63, 3.8) is 0 Å². The van der Waals surface area contributed by atoms with Crippen LogP contribution in [0.25, 0.3) is 10.1 Å². The van der Waals surface area contributed by atoms with Crippen molar-refractivity contribution >= 4 is 27.3 Å². The number of nitrogens with one attached hydrogen (secondary N) is 1. The summed E-state index contributed by atoms with van der Waals surface area (Å²) in [6.45, 7) is 4.00. The second-order valence-electron chi connectivity index (χ2n) is 4.81. The van der Waals surface area contributed by atoms with Gasteiger partial charge in [0.05, 0.1) is 11.0 Å². The molecule has 0 saturated carbocycles. The van der Waals surface area contributed by atoms with E-state index in [1.807, 2.05) is 13.8 Å². The van der Waals surface area contributed by atoms with Gasteiger partial charge in [-0.25, -0.2) is 4.39 Å². The Kier molecular flexibility index (Phi) is 4.17. The van der Waals surface area contributed by atoms with E-state index in [9.17, 15) is 14.3 Å². The molecule has 2 aromatic rings. The van der Waals surface area contributed by atoms with Crippen LogP contribution in [0.5, 0.6) is 0 Å². The molecule has 0 bridgehead atoms. The molecule has 0 aliphatic carbocycles. The van der Waals surface area contributed by atoms with E-state index in [-0.39, 0.29) is 24.2 Å². The first kappa shape index (κ1) is 14.0. The van der Waals surface area contributed by atoms with Crippen LogP contribution >= 0.6 is 11.3 Å². The molecule has 19 heavy (non-hydrogen) atoms. The predicted molar refractivity (Wildman–Crippen MR) is 75.0 cm³/mol. The van der Waals surface area contributed by atoms with Gasteiger partial charge in [0, 0.05) is 11.2 Å². The Morgan fingerprint density at radius 2 is 2.16 bits per heavy atom. The van der Waals surface area contributed by atoms with Gasteiger partial charge in [0.1, 0.15) is 5.82 Å². The van der Waals surface area contributed by atoms with Crippen LogP contribution in [0.3, 0.4) is 0 Å². The van der Waals surface area contributed by atoms with Crippen LogP contribution in [0.4, 0.5) is 4.39 Å². The third kappa shape index (κ3) is 3.30. The van der Waals surface area contributed by atoms with E-state index in [1.165, 1.54) is 23.5 Å². The third-order valence-corrected chi connectivity index (χ3v) is 4.04. The van der Waals surface area contributed by atoms with Crippen molar-refractivity contribution in [1.82, 2.24) is 5.32 Å². The molecular weight excluding hydrogens is 265 g/mol. The summed E-state index contributed by atoms with van der Waals surface area (Å²) in [6, 6.07) is 6.18. The maximum Gasteiger partial charge on any atom is 0.261 e. The summed E-state index contributed by atoms with van der Waals surface area (Å²) in [7, 11) is 0. The number of fused-ring (bicyclic) bond motifs is 1. The SMILES string of the molecule is CC(C)C(O)CNC(=O)c1cc2ccc(F)cc2s1. The van der Waals surface area contributed by atoms with Crippen molar-refractivity contribution < 1.29 is 14.3 Å². The van der Waals surface area contributed by atoms with E-state index in [0.717, 1.165) is 10.1 Å². The fourth-order valence-electron chi connectivity index (χ4n) is 1.64. The number of hydrogen-bond donors (Lipinski definition) is 2. The molecule has 0 spiro atoms. The molecule has 1 aromatic carbocycles. The molecule has 0 aliphatic rings. The van der Waals surface area contributed by atoms with Gasteiger partial charge in [-0.3, -0.25) is 4.79 Å². The van der Waals surface area contributed by atoms with Crippen LogP contribution in [-0.2, 0) is 0 Å². The smallest absolute Gasteiger partial charge is 0.261 e. The van der Waals surface area contributed by atoms with Gasteiger partial charge in [0.2, 0.25) is 0 Å². The van der Waals surface area contributed by atoms with Gasteiger partial charge < -0.3 is 10.4 Å². The summed E-state index contributed by atoms with van der Waals surface area (Å²) in [5, 5.41) is 13.2. The second kappa shape index (κ2) is 5.67. The quantitative estimate of drug-likeness (QED) is 0.905. The summed E-state index contributed by atoms with van der Waals surface area (Å²) in [5.41, 5.74) is 0. The standard InChI is InChI=1S/C14H16FNO2S/c1-8(2)11(17)7-16-14(18)13-5-9-3-4-10(15)6-12(9)19-13/h3-6,8,11,17H,7H2,1-2H3,(H,16,18). The summed E-state index contributed by atoms with van der Waals surface area (Å²) >= 11 is 1.25. The average Bonchev–Trinajstić information content (AvgIpc) is 2.78. The lowest BCUT2D eigenvalue weighted by molar-refractivity contribution is 0.0875. The van der Waals surface area contributed by atoms with Crippen molar-refractivity contribution in [3.05, 3.63) is 35.0 Å². The van der Waals surface area contributed by atoms with Gasteiger partial charge in [-0.1, -0.05) is 19.9 Å². The molecule has 0 aliphatic heterocycles. The topological polar surface area (TPSA) is 49.3 Å². The van der Waals surface area contributed by atoms with E-state index in [4.69, 9.17) is 0 Å². The highest BCUT2D eigenvalue weighted by Gasteiger charge is 2.14. The highest BCUT2D eigenvalue weighted by molar-refractivity contribution is 7.20. The van der Waals surface area contributed by atoms with Crippen LogP contribution in [0.2, 0.25) is 0 Å². The molecule has 0 fully saturated rings. The number of amides is 1. The Labute approximate surface area is 115 Å². The van der Waals surface area contributed by atoms with Gasteiger partial charge in [0.15, 0.2) is 0 Å². The van der Waals surface area contributed by atoms with Crippen LogP contribution in [0.15, 0.2) is 24.3 Å². The highest BCUT2D eigenvalue weighted by atomic mass is 32.1. The minimum atomic E-state index is -0.559. The molecule has 2 rings (SSSR count).